The highest BCUT2D eigenvalue weighted by atomic mass is 32.1. The van der Waals surface area contributed by atoms with Crippen molar-refractivity contribution >= 4 is 106 Å². The quantitative estimate of drug-likeness (QED) is 0.109. The number of nitrogen functional groups attached to an aromatic ring is 1. The molecule has 6 aliphatic heterocycles. The fourth-order valence-electron chi connectivity index (χ4n) is 13.6. The van der Waals surface area contributed by atoms with Crippen LogP contribution in [0.2, 0.25) is 0 Å². The highest BCUT2D eigenvalue weighted by Crippen LogP contribution is 2.42. The molecule has 3 aromatic carbocycles. The zero-order valence-corrected chi connectivity index (χ0v) is 61.9. The number of pyridine rings is 1. The lowest BCUT2D eigenvalue weighted by Gasteiger charge is -2.39. The highest BCUT2D eigenvalue weighted by molar-refractivity contribution is 7.19. The summed E-state index contributed by atoms with van der Waals surface area (Å²) in [6.07, 6.45) is 15.9. The number of nitrogens with two attached hydrogens (primary N) is 1. The van der Waals surface area contributed by atoms with Gasteiger partial charge in [0.2, 0.25) is 0 Å². The molecule has 0 radical (unpaired) electrons. The molecule has 0 saturated carbocycles. The van der Waals surface area contributed by atoms with Gasteiger partial charge in [-0.25, -0.2) is 34.3 Å². The van der Waals surface area contributed by atoms with E-state index in [2.05, 4.69) is 133 Å². The number of amides is 3. The molecule has 524 valence electrons. The number of aryl methyl sites for hydroxylation is 1. The number of likely N-dealkylation sites (tertiary alicyclic amines) is 4. The maximum Gasteiger partial charge on any atom is 0.410 e. The van der Waals surface area contributed by atoms with Gasteiger partial charge in [0, 0.05) is 44.1 Å². The number of fused-ring (bicyclic) bond motifs is 3. The number of hydrogen-bond donors (Lipinski definition) is 4. The van der Waals surface area contributed by atoms with Gasteiger partial charge in [0.1, 0.15) is 22.0 Å². The van der Waals surface area contributed by atoms with Gasteiger partial charge in [-0.05, 0) is 261 Å². The van der Waals surface area contributed by atoms with E-state index in [1.165, 1.54) is 104 Å². The first kappa shape index (κ1) is 73.1. The summed E-state index contributed by atoms with van der Waals surface area (Å²) in [5.74, 6) is 0.739. The van der Waals surface area contributed by atoms with Gasteiger partial charge in [0.15, 0.2) is 0 Å². The predicted octanol–water partition coefficient (Wildman–Crippen LogP) is 15.7. The Morgan fingerprint density at radius 2 is 1.07 bits per heavy atom. The van der Waals surface area contributed by atoms with Crippen molar-refractivity contribution in [3.05, 3.63) is 110 Å². The maximum atomic E-state index is 12.9. The van der Waals surface area contributed by atoms with Gasteiger partial charge >= 0.3 is 24.1 Å². The number of carbonyl (C=O) groups excluding carboxylic acids is 3. The molecule has 6 atom stereocenters. The Bertz CT molecular complexity index is 3860. The molecular weight excluding hydrogens is 1280 g/mol. The number of rotatable bonds is 7. The van der Waals surface area contributed by atoms with Crippen molar-refractivity contribution in [2.45, 2.75) is 181 Å². The molecule has 7 aromatic rings. The molecule has 6 aliphatic rings. The fourth-order valence-corrected chi connectivity index (χ4v) is 16.9. The maximum absolute atomic E-state index is 12.9. The van der Waals surface area contributed by atoms with E-state index < -0.39 is 23.1 Å². The molecule has 6 unspecified atom stereocenters. The van der Waals surface area contributed by atoms with E-state index in [9.17, 15) is 19.2 Å². The second-order valence-corrected chi connectivity index (χ2v) is 33.3. The van der Waals surface area contributed by atoms with Gasteiger partial charge in [-0.2, -0.15) is 0 Å². The summed E-state index contributed by atoms with van der Waals surface area (Å²) in [5, 5.41) is 17.9. The Kier molecular flexibility index (Phi) is 24.2. The number of anilines is 2. The molecule has 5 fully saturated rings. The van der Waals surface area contributed by atoms with Gasteiger partial charge in [0.05, 0.1) is 64.6 Å². The van der Waals surface area contributed by atoms with Crippen molar-refractivity contribution in [3.8, 4) is 0 Å². The average molecular weight is 1380 g/mol. The van der Waals surface area contributed by atoms with Gasteiger partial charge in [0.25, 0.3) is 0 Å². The van der Waals surface area contributed by atoms with Crippen LogP contribution in [0.4, 0.5) is 21.1 Å². The van der Waals surface area contributed by atoms with Crippen molar-refractivity contribution in [2.24, 2.45) is 17.8 Å². The van der Waals surface area contributed by atoms with E-state index >= 15 is 0 Å². The lowest BCUT2D eigenvalue weighted by atomic mass is 9.90. The molecule has 5 N–H and O–H groups in total. The summed E-state index contributed by atoms with van der Waals surface area (Å²) in [6, 6.07) is 22.2. The smallest absolute Gasteiger partial charge is 0.410 e. The first-order valence-corrected chi connectivity index (χ1v) is 37.5. The number of likely N-dealkylation sites (N-methyl/N-ethyl adjacent to an activating group) is 1. The number of benzene rings is 3. The SMILES string of the molecule is CC1CCC(c2ccc3sc(C4=CCN(C)CC4)nc3c2)N(C(=O)OC(C)(C)C)C1.CC1CCC(c2ccc3sc(C4CCN(C)CC4)nc3c2)N(C(=O)OC(C)(C)C)C1.CC1CCC(c2ccc3sc(C4CCN(C)CC4)nc3c2)NC1.Cc1cc(NC(=O)C(=O)O)cnc1N. The van der Waals surface area contributed by atoms with Crippen LogP contribution in [0, 0.1) is 24.7 Å². The number of thiazole rings is 3. The molecule has 0 aliphatic carbocycles. The van der Waals surface area contributed by atoms with Gasteiger partial charge in [-0.15, -0.1) is 34.0 Å². The van der Waals surface area contributed by atoms with Crippen molar-refractivity contribution in [1.82, 2.24) is 49.8 Å². The molecule has 5 saturated heterocycles. The lowest BCUT2D eigenvalue weighted by molar-refractivity contribution is -0.147. The fraction of sp³-hybridized carbons (Fsp3) is 0.573. The van der Waals surface area contributed by atoms with E-state index in [1.807, 2.05) is 74.0 Å². The van der Waals surface area contributed by atoms with Crippen LogP contribution in [0.15, 0.2) is 72.9 Å². The Hall–Kier alpha value is -6.66. The van der Waals surface area contributed by atoms with Crippen LogP contribution in [-0.2, 0) is 19.1 Å². The molecule has 10 heterocycles. The molecule has 13 rings (SSSR count). The number of aromatic nitrogens is 4. The van der Waals surface area contributed by atoms with E-state index in [0.717, 1.165) is 105 Å². The predicted molar refractivity (Wildman–Crippen MR) is 395 cm³/mol. The minimum atomic E-state index is -1.54. The third-order valence-corrected chi connectivity index (χ3v) is 22.9. The first-order valence-electron chi connectivity index (χ1n) is 35.0. The topological polar surface area (TPSA) is 225 Å². The first-order chi connectivity index (χ1) is 46.1. The van der Waals surface area contributed by atoms with Crippen molar-refractivity contribution in [2.75, 3.05) is 91.1 Å². The third-order valence-electron chi connectivity index (χ3n) is 19.4. The normalized spacial score (nSPS) is 22.7. The molecule has 3 amide bonds. The minimum Gasteiger partial charge on any atom is -0.474 e. The number of carboxylic acid groups (broad SMARTS) is 1. The summed E-state index contributed by atoms with van der Waals surface area (Å²) in [5.41, 5.74) is 13.9. The summed E-state index contributed by atoms with van der Waals surface area (Å²) in [7, 11) is 6.57. The second-order valence-electron chi connectivity index (χ2n) is 30.2. The number of nitrogens with zero attached hydrogens (tertiary/aromatic N) is 9. The summed E-state index contributed by atoms with van der Waals surface area (Å²) < 4.78 is 15.3. The molecule has 97 heavy (non-hydrogen) atoms. The zero-order valence-electron chi connectivity index (χ0n) is 59.4. The number of carbonyl (C=O) groups is 4. The Labute approximate surface area is 586 Å². The standard InChI is InChI=1S/C24H35N3O2S.C24H33N3O2S.C19H27N3S.C8H9N3O3/c2*1-16-6-8-20(27(15-16)23(28)29-24(2,3)4)18-7-9-21-19(14-18)25-22(30-21)17-10-12-26(5)13-11-17;1-13-3-5-16(20-12-13)15-4-6-18-17(11-15)21-19(23-18)14-7-9-22(2)10-8-14;1-4-2-5(3-10-6(4)9)11-7(12)8(13)14/h7,9,14,16-17,20H,6,8,10-13,15H2,1-5H3;7,9-10,14,16,20H,6,8,11-13,15H2,1-5H3;4,6,11,13-14,16,20H,3,5,7-10,12H2,1-2H3;2-3H,1H3,(H2,9,10)(H,11,12)(H,13,14). The van der Waals surface area contributed by atoms with Crippen molar-refractivity contribution < 1.29 is 33.8 Å². The molecule has 4 aromatic heterocycles. The van der Waals surface area contributed by atoms with E-state index in [-0.39, 0.29) is 24.3 Å². The molecule has 0 bridgehead atoms. The monoisotopic (exact) mass is 1380 g/mol. The van der Waals surface area contributed by atoms with E-state index in [0.29, 0.717) is 46.8 Å². The summed E-state index contributed by atoms with van der Waals surface area (Å²) in [6.45, 7) is 29.4. The Balaban J connectivity index is 0.000000145. The minimum absolute atomic E-state index is 0.0492. The van der Waals surface area contributed by atoms with Crippen LogP contribution in [0.3, 0.4) is 0 Å². The number of piperidine rings is 5. The van der Waals surface area contributed by atoms with Crippen molar-refractivity contribution in [1.29, 1.82) is 0 Å². The van der Waals surface area contributed by atoms with Crippen LogP contribution < -0.4 is 16.4 Å². The molecule has 19 nitrogen and oxygen atoms in total. The second kappa shape index (κ2) is 32.1. The summed E-state index contributed by atoms with van der Waals surface area (Å²) in [4.78, 5) is 76.6. The zero-order chi connectivity index (χ0) is 69.5. The van der Waals surface area contributed by atoms with Gasteiger partial charge in [-0.3, -0.25) is 4.79 Å². The van der Waals surface area contributed by atoms with Crippen LogP contribution in [0.5, 0.6) is 0 Å². The molecule has 22 heteroatoms. The van der Waals surface area contributed by atoms with E-state index in [4.69, 9.17) is 35.3 Å². The number of hydrogen-bond acceptors (Lipinski definition) is 18. The summed E-state index contributed by atoms with van der Waals surface area (Å²) >= 11 is 5.52. The van der Waals surface area contributed by atoms with E-state index in [1.54, 1.807) is 24.3 Å². The molecule has 0 spiro atoms. The number of carboxylic acids is 1. The van der Waals surface area contributed by atoms with Crippen LogP contribution >= 0.6 is 34.0 Å². The Morgan fingerprint density at radius 1 is 0.598 bits per heavy atom. The third kappa shape index (κ3) is 19.8. The van der Waals surface area contributed by atoms with Crippen LogP contribution in [0.1, 0.15) is 200 Å². The number of ether oxygens (including phenoxy) is 2. The average Bonchev–Trinajstić information content (AvgIpc) is 1.72. The number of aliphatic carboxylic acids is 1. The largest absolute Gasteiger partial charge is 0.474 e. The lowest BCUT2D eigenvalue weighted by Crippen LogP contribution is -2.44. The van der Waals surface area contributed by atoms with Crippen LogP contribution in [0.25, 0.3) is 36.2 Å². The van der Waals surface area contributed by atoms with Crippen molar-refractivity contribution in [3.63, 3.8) is 0 Å². The van der Waals surface area contributed by atoms with Crippen LogP contribution in [-0.4, -0.2) is 165 Å². The highest BCUT2D eigenvalue weighted by Gasteiger charge is 2.37. The van der Waals surface area contributed by atoms with Gasteiger partial charge in [-0.1, -0.05) is 45.0 Å². The Morgan fingerprint density at radius 3 is 1.53 bits per heavy atom. The van der Waals surface area contributed by atoms with Gasteiger partial charge < -0.3 is 55.4 Å². The number of nitrogens with one attached hydrogen (secondary N) is 2. The molecular formula is C75H104N12O7S3.